The second-order valence-electron chi connectivity index (χ2n) is 8.10. The predicted molar refractivity (Wildman–Crippen MR) is 126 cm³/mol. The van der Waals surface area contributed by atoms with Gasteiger partial charge in [-0.05, 0) is 47.5 Å². The number of hydrogen-bond acceptors (Lipinski definition) is 4. The van der Waals surface area contributed by atoms with E-state index in [-0.39, 0.29) is 23.8 Å². The third-order valence-corrected chi connectivity index (χ3v) is 5.98. The van der Waals surface area contributed by atoms with E-state index in [9.17, 15) is 9.59 Å². The molecule has 0 saturated carbocycles. The number of likely N-dealkylation sites (N-methyl/N-ethyl adjacent to an activating group) is 1. The number of anilines is 1. The zero-order chi connectivity index (χ0) is 22.7. The van der Waals surface area contributed by atoms with E-state index in [1.54, 1.807) is 18.2 Å². The number of nitrogens with zero attached hydrogens (tertiary/aromatic N) is 1. The molecule has 0 unspecified atom stereocenters. The number of fused-ring (bicyclic) bond motifs is 1. The van der Waals surface area contributed by atoms with Crippen molar-refractivity contribution in [3.8, 4) is 0 Å². The van der Waals surface area contributed by atoms with E-state index in [1.807, 2.05) is 12.1 Å². The standard InChI is InChI=1S/C26H25ClN2O3/c1-29-15-19-7-3-4-9-21(19)23(16-29)18-8-5-6-17(12-18)13-25(30)28-24-14-20(27)10-11-22(24)26(31)32-2/h3-12,14,23H,13,15-16H2,1-2H3,(H,28,30)/t23-/m1/s1. The molecule has 4 rings (SSSR count). The molecule has 1 atom stereocenters. The molecule has 3 aromatic carbocycles. The number of hydrogen-bond donors (Lipinski definition) is 1. The van der Waals surface area contributed by atoms with Crippen LogP contribution in [-0.2, 0) is 22.5 Å². The van der Waals surface area contributed by atoms with Crippen molar-refractivity contribution in [2.75, 3.05) is 26.0 Å². The Bertz CT molecular complexity index is 1160. The predicted octanol–water partition coefficient (Wildman–Crippen LogP) is 4.89. The SMILES string of the molecule is COC(=O)c1ccc(Cl)cc1NC(=O)Cc1cccc([C@H]2CN(C)Cc3ccccc32)c1. The molecule has 1 heterocycles. The van der Waals surface area contributed by atoms with Crippen molar-refractivity contribution < 1.29 is 14.3 Å². The van der Waals surface area contributed by atoms with Gasteiger partial charge in [0.05, 0.1) is 24.8 Å². The van der Waals surface area contributed by atoms with Gasteiger partial charge < -0.3 is 15.0 Å². The summed E-state index contributed by atoms with van der Waals surface area (Å²) in [7, 11) is 3.43. The first kappa shape index (κ1) is 22.1. The molecule has 0 spiro atoms. The maximum Gasteiger partial charge on any atom is 0.339 e. The number of carbonyl (C=O) groups excluding carboxylic acids is 2. The molecule has 5 nitrogen and oxygen atoms in total. The summed E-state index contributed by atoms with van der Waals surface area (Å²) in [5.41, 5.74) is 5.38. The van der Waals surface area contributed by atoms with Crippen LogP contribution in [0.25, 0.3) is 0 Å². The van der Waals surface area contributed by atoms with Crippen molar-refractivity contribution in [1.82, 2.24) is 4.90 Å². The zero-order valence-electron chi connectivity index (χ0n) is 18.1. The number of carbonyl (C=O) groups is 2. The fourth-order valence-corrected chi connectivity index (χ4v) is 4.45. The third kappa shape index (κ3) is 4.85. The number of nitrogens with one attached hydrogen (secondary N) is 1. The van der Waals surface area contributed by atoms with Gasteiger partial charge >= 0.3 is 5.97 Å². The highest BCUT2D eigenvalue weighted by Gasteiger charge is 2.24. The molecule has 0 radical (unpaired) electrons. The maximum atomic E-state index is 12.8. The molecule has 0 aromatic heterocycles. The van der Waals surface area contributed by atoms with E-state index in [0.717, 1.165) is 18.7 Å². The van der Waals surface area contributed by atoms with Crippen LogP contribution in [-0.4, -0.2) is 37.5 Å². The number of benzene rings is 3. The quantitative estimate of drug-likeness (QED) is 0.565. The summed E-state index contributed by atoms with van der Waals surface area (Å²) >= 11 is 6.06. The molecule has 32 heavy (non-hydrogen) atoms. The number of amides is 1. The van der Waals surface area contributed by atoms with Gasteiger partial charge in [-0.3, -0.25) is 4.79 Å². The fourth-order valence-electron chi connectivity index (χ4n) is 4.28. The summed E-state index contributed by atoms with van der Waals surface area (Å²) < 4.78 is 4.80. The Kier molecular flexibility index (Phi) is 6.58. The molecule has 0 bridgehead atoms. The average Bonchev–Trinajstić information content (AvgIpc) is 2.78. The molecule has 3 aromatic rings. The Morgan fingerprint density at radius 3 is 2.72 bits per heavy atom. The molecule has 0 aliphatic carbocycles. The minimum atomic E-state index is -0.529. The van der Waals surface area contributed by atoms with Crippen LogP contribution < -0.4 is 5.32 Å². The highest BCUT2D eigenvalue weighted by molar-refractivity contribution is 6.31. The number of rotatable bonds is 5. The Balaban J connectivity index is 1.54. The van der Waals surface area contributed by atoms with Gasteiger partial charge in [-0.2, -0.15) is 0 Å². The lowest BCUT2D eigenvalue weighted by atomic mass is 9.84. The molecular weight excluding hydrogens is 424 g/mol. The molecular formula is C26H25ClN2O3. The van der Waals surface area contributed by atoms with Crippen LogP contribution in [0.2, 0.25) is 5.02 Å². The highest BCUT2D eigenvalue weighted by atomic mass is 35.5. The van der Waals surface area contributed by atoms with Crippen molar-refractivity contribution in [2.45, 2.75) is 18.9 Å². The molecule has 1 aliphatic heterocycles. The molecule has 6 heteroatoms. The monoisotopic (exact) mass is 448 g/mol. The average molecular weight is 449 g/mol. The molecule has 164 valence electrons. The minimum absolute atomic E-state index is 0.186. The van der Waals surface area contributed by atoms with E-state index >= 15 is 0 Å². The van der Waals surface area contributed by atoms with Gasteiger partial charge in [0.15, 0.2) is 0 Å². The summed E-state index contributed by atoms with van der Waals surface area (Å²) in [6.07, 6.45) is 0.186. The van der Waals surface area contributed by atoms with Crippen LogP contribution in [0.4, 0.5) is 5.69 Å². The molecule has 1 aliphatic rings. The first-order valence-electron chi connectivity index (χ1n) is 10.5. The van der Waals surface area contributed by atoms with Crippen molar-refractivity contribution in [3.63, 3.8) is 0 Å². The summed E-state index contributed by atoms with van der Waals surface area (Å²) in [6, 6.07) is 21.4. The van der Waals surface area contributed by atoms with Crippen LogP contribution in [0, 0.1) is 0 Å². The smallest absolute Gasteiger partial charge is 0.339 e. The number of halogens is 1. The lowest BCUT2D eigenvalue weighted by molar-refractivity contribution is -0.115. The molecule has 0 saturated heterocycles. The lowest BCUT2D eigenvalue weighted by Crippen LogP contribution is -2.31. The largest absolute Gasteiger partial charge is 0.465 e. The highest BCUT2D eigenvalue weighted by Crippen LogP contribution is 2.33. The first-order valence-corrected chi connectivity index (χ1v) is 10.9. The summed E-state index contributed by atoms with van der Waals surface area (Å²) in [5.74, 6) is -0.499. The molecule has 1 N–H and O–H groups in total. The van der Waals surface area contributed by atoms with Crippen LogP contribution >= 0.6 is 11.6 Å². The van der Waals surface area contributed by atoms with Crippen molar-refractivity contribution in [2.24, 2.45) is 0 Å². The zero-order valence-corrected chi connectivity index (χ0v) is 18.9. The van der Waals surface area contributed by atoms with Gasteiger partial charge in [0.25, 0.3) is 0 Å². The molecule has 0 fully saturated rings. The van der Waals surface area contributed by atoms with Crippen molar-refractivity contribution >= 4 is 29.2 Å². The molecule has 1 amide bonds. The Hall–Kier alpha value is -3.15. The van der Waals surface area contributed by atoms with Crippen molar-refractivity contribution in [1.29, 1.82) is 0 Å². The van der Waals surface area contributed by atoms with E-state index in [0.29, 0.717) is 10.7 Å². The minimum Gasteiger partial charge on any atom is -0.465 e. The third-order valence-electron chi connectivity index (χ3n) is 5.74. The van der Waals surface area contributed by atoms with Gasteiger partial charge in [-0.15, -0.1) is 0 Å². The van der Waals surface area contributed by atoms with Gasteiger partial charge in [-0.1, -0.05) is 60.1 Å². The second-order valence-corrected chi connectivity index (χ2v) is 8.54. The number of methoxy groups -OCH3 is 1. The van der Waals surface area contributed by atoms with Gasteiger partial charge in [0, 0.05) is 24.0 Å². The Labute approximate surface area is 193 Å². The fraction of sp³-hybridized carbons (Fsp3) is 0.231. The van der Waals surface area contributed by atoms with Crippen LogP contribution in [0.1, 0.15) is 38.5 Å². The van der Waals surface area contributed by atoms with Gasteiger partial charge in [-0.25, -0.2) is 4.79 Å². The van der Waals surface area contributed by atoms with E-state index in [1.165, 1.54) is 23.8 Å². The van der Waals surface area contributed by atoms with Crippen LogP contribution in [0.3, 0.4) is 0 Å². The van der Waals surface area contributed by atoms with Crippen molar-refractivity contribution in [3.05, 3.63) is 99.6 Å². The van der Waals surface area contributed by atoms with Gasteiger partial charge in [0.1, 0.15) is 0 Å². The lowest BCUT2D eigenvalue weighted by Gasteiger charge is -2.32. The van der Waals surface area contributed by atoms with Gasteiger partial charge in [0.2, 0.25) is 5.91 Å². The van der Waals surface area contributed by atoms with E-state index in [2.05, 4.69) is 53.7 Å². The Morgan fingerprint density at radius 1 is 1.09 bits per heavy atom. The number of ether oxygens (including phenoxy) is 1. The topological polar surface area (TPSA) is 58.6 Å². The Morgan fingerprint density at radius 2 is 1.91 bits per heavy atom. The first-order chi connectivity index (χ1) is 15.4. The van der Waals surface area contributed by atoms with E-state index in [4.69, 9.17) is 16.3 Å². The normalized spacial score (nSPS) is 15.7. The van der Waals surface area contributed by atoms with E-state index < -0.39 is 5.97 Å². The second kappa shape index (κ2) is 9.55. The summed E-state index contributed by atoms with van der Waals surface area (Å²) in [6.45, 7) is 1.87. The summed E-state index contributed by atoms with van der Waals surface area (Å²) in [5, 5.41) is 3.23. The summed E-state index contributed by atoms with van der Waals surface area (Å²) in [4.78, 5) is 27.1. The maximum absolute atomic E-state index is 12.8. The van der Waals surface area contributed by atoms with Crippen LogP contribution in [0.15, 0.2) is 66.7 Å². The number of esters is 1. The van der Waals surface area contributed by atoms with Crippen LogP contribution in [0.5, 0.6) is 0 Å².